The van der Waals surface area contributed by atoms with Crippen molar-refractivity contribution in [2.24, 2.45) is 0 Å². The Morgan fingerprint density at radius 1 is 1.24 bits per heavy atom. The smallest absolute Gasteiger partial charge is 0.325 e. The molecular weight excluding hydrogens is 292 g/mol. The lowest BCUT2D eigenvalue weighted by Crippen LogP contribution is -2.37. The van der Waals surface area contributed by atoms with E-state index in [1.807, 2.05) is 19.1 Å². The second kappa shape index (κ2) is 5.50. The Hall–Kier alpha value is -1.85. The molecule has 2 N–H and O–H groups in total. The Bertz CT molecular complexity index is 764. The van der Waals surface area contributed by atoms with Crippen LogP contribution in [-0.2, 0) is 11.2 Å². The highest BCUT2D eigenvalue weighted by Gasteiger charge is 2.31. The highest BCUT2D eigenvalue weighted by Crippen LogP contribution is 2.33. The van der Waals surface area contributed by atoms with E-state index < -0.39 is 17.4 Å². The molecule has 2 aromatic rings. The van der Waals surface area contributed by atoms with Gasteiger partial charge in [0.2, 0.25) is 0 Å². The minimum atomic E-state index is -0.489. The summed E-state index contributed by atoms with van der Waals surface area (Å²) >= 11 is 5.90. The molecule has 3 rings (SSSR count). The number of ether oxygens (including phenoxy) is 1. The van der Waals surface area contributed by atoms with Crippen LogP contribution in [0.4, 0.5) is 0 Å². The summed E-state index contributed by atoms with van der Waals surface area (Å²) in [5.41, 5.74) is 1.09. The number of fused-ring (bicyclic) bond motifs is 1. The van der Waals surface area contributed by atoms with Crippen molar-refractivity contribution in [1.29, 1.82) is 0 Å². The van der Waals surface area contributed by atoms with Gasteiger partial charge in [0, 0.05) is 17.1 Å². The molecule has 0 bridgehead atoms. The van der Waals surface area contributed by atoms with E-state index in [4.69, 9.17) is 16.3 Å². The maximum Gasteiger partial charge on any atom is 0.325 e. The fourth-order valence-electron chi connectivity index (χ4n) is 2.64. The molecule has 5 nitrogen and oxygen atoms in total. The van der Waals surface area contributed by atoms with Crippen molar-refractivity contribution in [3.8, 4) is 0 Å². The molecule has 0 unspecified atom stereocenters. The number of benzene rings is 1. The van der Waals surface area contributed by atoms with Crippen molar-refractivity contribution in [1.82, 2.24) is 9.97 Å². The zero-order valence-corrected chi connectivity index (χ0v) is 12.2. The van der Waals surface area contributed by atoms with E-state index in [2.05, 4.69) is 9.97 Å². The standard InChI is InChI=1S/C15H15ClN2O3/c1-2-10-7-11-12(14(19)18-15(20)17-11)13(21-10)8-3-5-9(16)6-4-8/h3-6,10,13H,2,7H2,1H3,(H2,17,18,19,20)/t10-,13+/m1/s1. The maximum absolute atomic E-state index is 12.1. The topological polar surface area (TPSA) is 75.0 Å². The fraction of sp³-hybridized carbons (Fsp3) is 0.333. The van der Waals surface area contributed by atoms with Gasteiger partial charge in [-0.1, -0.05) is 30.7 Å². The van der Waals surface area contributed by atoms with E-state index in [0.29, 0.717) is 22.7 Å². The summed E-state index contributed by atoms with van der Waals surface area (Å²) < 4.78 is 6.02. The zero-order chi connectivity index (χ0) is 15.0. The third-order valence-electron chi connectivity index (χ3n) is 3.71. The van der Waals surface area contributed by atoms with Gasteiger partial charge >= 0.3 is 5.69 Å². The van der Waals surface area contributed by atoms with Crippen LogP contribution in [0.3, 0.4) is 0 Å². The van der Waals surface area contributed by atoms with Crippen LogP contribution in [0.5, 0.6) is 0 Å². The van der Waals surface area contributed by atoms with Crippen molar-refractivity contribution in [3.05, 3.63) is 66.9 Å². The Morgan fingerprint density at radius 3 is 2.62 bits per heavy atom. The van der Waals surface area contributed by atoms with Crippen molar-refractivity contribution in [2.75, 3.05) is 0 Å². The van der Waals surface area contributed by atoms with Gasteiger partial charge in [0.05, 0.1) is 11.7 Å². The maximum atomic E-state index is 12.1. The second-order valence-electron chi connectivity index (χ2n) is 5.10. The van der Waals surface area contributed by atoms with Crippen molar-refractivity contribution >= 4 is 11.6 Å². The van der Waals surface area contributed by atoms with Gasteiger partial charge in [0.1, 0.15) is 6.10 Å². The van der Waals surface area contributed by atoms with Gasteiger partial charge in [-0.2, -0.15) is 0 Å². The molecule has 2 heterocycles. The molecule has 1 aromatic heterocycles. The lowest BCUT2D eigenvalue weighted by molar-refractivity contribution is -0.00792. The molecule has 0 fully saturated rings. The molecule has 2 atom stereocenters. The second-order valence-corrected chi connectivity index (χ2v) is 5.54. The first-order valence-corrected chi connectivity index (χ1v) is 7.22. The highest BCUT2D eigenvalue weighted by atomic mass is 35.5. The number of halogens is 1. The Balaban J connectivity index is 2.15. The molecule has 1 aliphatic rings. The summed E-state index contributed by atoms with van der Waals surface area (Å²) in [6.45, 7) is 2.01. The van der Waals surface area contributed by atoms with Crippen molar-refractivity contribution in [2.45, 2.75) is 32.0 Å². The average molecular weight is 307 g/mol. The summed E-state index contributed by atoms with van der Waals surface area (Å²) in [5, 5.41) is 0.622. The molecule has 1 aromatic carbocycles. The summed E-state index contributed by atoms with van der Waals surface area (Å²) in [7, 11) is 0. The van der Waals surface area contributed by atoms with E-state index in [-0.39, 0.29) is 6.10 Å². The average Bonchev–Trinajstić information content (AvgIpc) is 2.46. The number of nitrogens with one attached hydrogen (secondary N) is 2. The zero-order valence-electron chi connectivity index (χ0n) is 11.5. The molecule has 6 heteroatoms. The van der Waals surface area contributed by atoms with Crippen molar-refractivity contribution < 1.29 is 4.74 Å². The molecule has 0 saturated carbocycles. The molecular formula is C15H15ClN2O3. The number of aromatic amines is 2. The summed E-state index contributed by atoms with van der Waals surface area (Å²) in [6.07, 6.45) is 0.820. The van der Waals surface area contributed by atoms with Crippen LogP contribution in [-0.4, -0.2) is 16.1 Å². The molecule has 110 valence electrons. The van der Waals surface area contributed by atoms with E-state index >= 15 is 0 Å². The lowest BCUT2D eigenvalue weighted by atomic mass is 9.94. The molecule has 0 aliphatic carbocycles. The largest absolute Gasteiger partial charge is 0.365 e. The van der Waals surface area contributed by atoms with Crippen LogP contribution >= 0.6 is 11.6 Å². The number of H-pyrrole nitrogens is 2. The van der Waals surface area contributed by atoms with Gasteiger partial charge < -0.3 is 9.72 Å². The SMILES string of the molecule is CC[C@@H]1Cc2[nH]c(=O)[nH]c(=O)c2[C@H](c2ccc(Cl)cc2)O1. The number of rotatable bonds is 2. The Morgan fingerprint density at radius 2 is 1.95 bits per heavy atom. The summed E-state index contributed by atoms with van der Waals surface area (Å²) in [5.74, 6) is 0. The predicted octanol–water partition coefficient (Wildman–Crippen LogP) is 2.16. The van der Waals surface area contributed by atoms with Gasteiger partial charge in [-0.05, 0) is 24.1 Å². The molecule has 0 saturated heterocycles. The Kier molecular flexibility index (Phi) is 3.69. The van der Waals surface area contributed by atoms with E-state index in [1.165, 1.54) is 0 Å². The molecule has 0 radical (unpaired) electrons. The first kappa shape index (κ1) is 14.1. The number of hydrogen-bond donors (Lipinski definition) is 2. The molecule has 1 aliphatic heterocycles. The van der Waals surface area contributed by atoms with Crippen LogP contribution in [0.2, 0.25) is 5.02 Å². The summed E-state index contributed by atoms with van der Waals surface area (Å²) in [4.78, 5) is 28.6. The van der Waals surface area contributed by atoms with Crippen LogP contribution < -0.4 is 11.2 Å². The predicted molar refractivity (Wildman–Crippen MR) is 79.8 cm³/mol. The quantitative estimate of drug-likeness (QED) is 0.893. The minimum absolute atomic E-state index is 0.0318. The lowest BCUT2D eigenvalue weighted by Gasteiger charge is -2.30. The first-order valence-electron chi connectivity index (χ1n) is 6.84. The van der Waals surface area contributed by atoms with Gasteiger partial charge in [0.15, 0.2) is 0 Å². The van der Waals surface area contributed by atoms with E-state index in [1.54, 1.807) is 12.1 Å². The monoisotopic (exact) mass is 306 g/mol. The number of hydrogen-bond acceptors (Lipinski definition) is 3. The van der Waals surface area contributed by atoms with Crippen molar-refractivity contribution in [3.63, 3.8) is 0 Å². The van der Waals surface area contributed by atoms with Gasteiger partial charge in [-0.3, -0.25) is 9.78 Å². The molecule has 0 spiro atoms. The van der Waals surface area contributed by atoms with Gasteiger partial charge in [-0.15, -0.1) is 0 Å². The highest BCUT2D eigenvalue weighted by molar-refractivity contribution is 6.30. The van der Waals surface area contributed by atoms with Crippen LogP contribution in [0.25, 0.3) is 0 Å². The van der Waals surface area contributed by atoms with Gasteiger partial charge in [0.25, 0.3) is 5.56 Å². The van der Waals surface area contributed by atoms with Gasteiger partial charge in [-0.25, -0.2) is 4.79 Å². The van der Waals surface area contributed by atoms with Crippen LogP contribution in [0.1, 0.15) is 36.3 Å². The third-order valence-corrected chi connectivity index (χ3v) is 3.96. The molecule has 0 amide bonds. The third kappa shape index (κ3) is 2.66. The fourth-order valence-corrected chi connectivity index (χ4v) is 2.77. The minimum Gasteiger partial charge on any atom is -0.365 e. The Labute approximate surface area is 125 Å². The summed E-state index contributed by atoms with van der Waals surface area (Å²) in [6, 6.07) is 7.18. The molecule has 21 heavy (non-hydrogen) atoms. The number of aromatic nitrogens is 2. The normalized spacial score (nSPS) is 21.0. The first-order chi connectivity index (χ1) is 10.1. The van der Waals surface area contributed by atoms with E-state index in [9.17, 15) is 9.59 Å². The van der Waals surface area contributed by atoms with Crippen LogP contribution in [0, 0.1) is 0 Å². The van der Waals surface area contributed by atoms with Crippen LogP contribution in [0.15, 0.2) is 33.9 Å². The van der Waals surface area contributed by atoms with E-state index in [0.717, 1.165) is 12.0 Å².